The molecule has 0 unspecified atom stereocenters. The SMILES string of the molecule is CCC1=C(C)C2=NC1=CC1=C(C)C3=C(O)CC(=C4NC(=C(Br)C5=NC(=C2)C(C(=O)OCc2cc(OCCOCCOCCOC)c(OCCOCCOCCOC)c(OCCOCCOCCOC)c2)=C5C)[C@@H](C)[C@@H]4CCC(=O)OCc2cc(OCCOCCOCCOC)c(OCCOCCOCCOC)c(OCCOCCOCCOC)c2)C3=N1. The summed E-state index contributed by atoms with van der Waals surface area (Å²) < 4.78 is 151. The molecule has 1 aliphatic carbocycles. The number of esters is 2. The van der Waals surface area contributed by atoms with Crippen LogP contribution in [-0.4, -0.2) is 315 Å². The van der Waals surface area contributed by atoms with Gasteiger partial charge in [0.05, 0.1) is 242 Å². The molecule has 8 bridgehead atoms. The maximum atomic E-state index is 15.4. The fraction of sp³-hybridized carbons (Fsp3) is 0.625. The van der Waals surface area contributed by atoms with Gasteiger partial charge in [0.2, 0.25) is 11.5 Å². The molecule has 1 fully saturated rings. The zero-order chi connectivity index (χ0) is 86.9. The Kier molecular flexibility index (Phi) is 47.4. The van der Waals surface area contributed by atoms with Crippen LogP contribution in [0.4, 0.5) is 0 Å². The second-order valence-corrected chi connectivity index (χ2v) is 28.9. The number of carbonyl (C=O) groups excluding carboxylic acids is 2. The summed E-state index contributed by atoms with van der Waals surface area (Å²) in [6.07, 6.45) is 4.84. The number of aliphatic imine (C=N–C) groups is 3. The number of benzene rings is 2. The standard InChI is InChI=1S/C88H127BrN4O29/c1-12-66-60(2)69-57-72-79(88(96)122-59-65-53-76(117-47-41-111-35-29-105-23-17-99-8)87(120-50-44-114-38-32-108-26-20-102-11)77(54-65)118-48-42-112-36-30-106-24-18-100-9)63(5)83(92-72)81(89)82-61(3)67(84(93-82)68-55-73(94)80-62(4)70(91-85(68)80)56-71(66)90-69)13-14-78(95)121-58-64-51-74(115-45-39-109-33-27-103-21-15-97-6)86(119-49-43-113-37-31-107-25-19-101-10)75(52-64)116-46-40-110-34-28-104-22-16-98-7/h51-54,56-57,61,67,93-94H,12-50,55,58-59H2,1-11H3/t61-,67-/m0/s1. The minimum absolute atomic E-state index is 0.0243. The largest absolute Gasteiger partial charge is 0.511 e. The van der Waals surface area contributed by atoms with E-state index in [1.165, 1.54) is 0 Å². The average molecular weight is 1780 g/mol. The van der Waals surface area contributed by atoms with Gasteiger partial charge in [0.25, 0.3) is 0 Å². The first-order valence-electron chi connectivity index (χ1n) is 41.7. The Bertz CT molecular complexity index is 3870. The third-order valence-corrected chi connectivity index (χ3v) is 20.4. The van der Waals surface area contributed by atoms with Crippen molar-refractivity contribution in [1.29, 1.82) is 0 Å². The minimum atomic E-state index is -0.672. The molecule has 8 rings (SSSR count). The van der Waals surface area contributed by atoms with Crippen LogP contribution >= 0.6 is 15.9 Å². The summed E-state index contributed by atoms with van der Waals surface area (Å²) in [6, 6.07) is 6.98. The van der Waals surface area contributed by atoms with Gasteiger partial charge in [0.1, 0.15) is 58.6 Å². The number of hydrogen-bond acceptors (Lipinski definition) is 33. The van der Waals surface area contributed by atoms with Gasteiger partial charge in [-0.05, 0) is 119 Å². The molecule has 1 saturated heterocycles. The second kappa shape index (κ2) is 57.9. The van der Waals surface area contributed by atoms with Gasteiger partial charge in [-0.15, -0.1) is 0 Å². The molecule has 680 valence electrons. The lowest BCUT2D eigenvalue weighted by Gasteiger charge is -2.19. The predicted molar refractivity (Wildman–Crippen MR) is 456 cm³/mol. The highest BCUT2D eigenvalue weighted by Gasteiger charge is 2.43. The summed E-state index contributed by atoms with van der Waals surface area (Å²) in [6.45, 7) is 21.1. The number of aliphatic hydroxyl groups is 1. The molecule has 2 aromatic carbocycles. The van der Waals surface area contributed by atoms with Gasteiger partial charge in [-0.25, -0.2) is 19.8 Å². The Labute approximate surface area is 725 Å². The summed E-state index contributed by atoms with van der Waals surface area (Å²) >= 11 is 4.05. The van der Waals surface area contributed by atoms with Crippen LogP contribution in [0.2, 0.25) is 0 Å². The molecule has 0 spiro atoms. The van der Waals surface area contributed by atoms with Crippen LogP contribution in [0.25, 0.3) is 0 Å². The van der Waals surface area contributed by atoms with Crippen molar-refractivity contribution in [2.45, 2.75) is 73.5 Å². The summed E-state index contributed by atoms with van der Waals surface area (Å²) in [5.41, 5.74) is 10.7. The van der Waals surface area contributed by atoms with E-state index >= 15 is 4.79 Å². The van der Waals surface area contributed by atoms with Crippen LogP contribution in [0.15, 0.2) is 129 Å². The van der Waals surface area contributed by atoms with E-state index in [9.17, 15) is 9.90 Å². The van der Waals surface area contributed by atoms with Crippen molar-refractivity contribution in [3.05, 3.63) is 125 Å². The van der Waals surface area contributed by atoms with Gasteiger partial charge < -0.3 is 134 Å². The monoisotopic (exact) mass is 1780 g/mol. The highest BCUT2D eigenvalue weighted by atomic mass is 79.9. The Balaban J connectivity index is 1.08. The lowest BCUT2D eigenvalue weighted by atomic mass is 9.86. The first-order valence-corrected chi connectivity index (χ1v) is 42.4. The van der Waals surface area contributed by atoms with Crippen molar-refractivity contribution in [2.75, 3.05) is 281 Å². The average Bonchev–Trinajstić information content (AvgIpc) is 1.58. The molecule has 122 heavy (non-hydrogen) atoms. The number of methoxy groups -OCH3 is 6. The third kappa shape index (κ3) is 32.5. The highest BCUT2D eigenvalue weighted by molar-refractivity contribution is 9.12. The fourth-order valence-electron chi connectivity index (χ4n) is 13.4. The molecule has 0 radical (unpaired) electrons. The van der Waals surface area contributed by atoms with E-state index in [1.807, 2.05) is 32.9 Å². The molecule has 0 aromatic heterocycles. The van der Waals surface area contributed by atoms with Crippen molar-refractivity contribution in [2.24, 2.45) is 26.8 Å². The molecular formula is C88H127BrN4O29. The van der Waals surface area contributed by atoms with E-state index in [2.05, 4.69) is 35.1 Å². The van der Waals surface area contributed by atoms with Crippen LogP contribution in [0, 0.1) is 11.8 Å². The number of aliphatic hydroxyl groups excluding tert-OH is 1. The first-order chi connectivity index (χ1) is 59.7. The summed E-state index contributed by atoms with van der Waals surface area (Å²) in [5, 5.41) is 15.8. The maximum Gasteiger partial charge on any atom is 0.341 e. The number of halogens is 1. The molecular weight excluding hydrogens is 1660 g/mol. The maximum absolute atomic E-state index is 15.4. The summed E-state index contributed by atoms with van der Waals surface area (Å²) in [7, 11) is 9.68. The van der Waals surface area contributed by atoms with E-state index in [0.717, 1.165) is 33.7 Å². The number of fused-ring (bicyclic) bond motifs is 5. The van der Waals surface area contributed by atoms with E-state index in [-0.39, 0.29) is 134 Å². The van der Waals surface area contributed by atoms with Gasteiger partial charge in [0, 0.05) is 89.9 Å². The van der Waals surface area contributed by atoms with Gasteiger partial charge in [-0.2, -0.15) is 0 Å². The summed E-state index contributed by atoms with van der Waals surface area (Å²) in [5.74, 6) is 0.129. The topological polar surface area (TPSA) is 343 Å². The Morgan fingerprint density at radius 2 is 0.803 bits per heavy atom. The van der Waals surface area contributed by atoms with E-state index in [1.54, 1.807) is 66.9 Å². The zero-order valence-electron chi connectivity index (χ0n) is 72.9. The van der Waals surface area contributed by atoms with Gasteiger partial charge in [0.15, 0.2) is 23.0 Å². The number of hydrogen-bond donors (Lipinski definition) is 2. The number of carbonyl (C=O) groups is 2. The van der Waals surface area contributed by atoms with Crippen molar-refractivity contribution >= 4 is 45.0 Å². The van der Waals surface area contributed by atoms with Crippen LogP contribution < -0.4 is 33.7 Å². The number of nitrogens with one attached hydrogen (secondary N) is 1. The number of allylic oxidation sites excluding steroid dienone is 11. The van der Waals surface area contributed by atoms with Crippen LogP contribution in [0.1, 0.15) is 71.4 Å². The first kappa shape index (κ1) is 99.9. The fourth-order valence-corrected chi connectivity index (χ4v) is 14.2. The number of nitrogens with zero attached hydrogens (tertiary/aromatic N) is 3. The normalized spacial score (nSPS) is 16.2. The molecule has 34 heteroatoms. The smallest absolute Gasteiger partial charge is 0.341 e. The Hall–Kier alpha value is -7.53. The van der Waals surface area contributed by atoms with Crippen LogP contribution in [0.3, 0.4) is 0 Å². The lowest BCUT2D eigenvalue weighted by molar-refractivity contribution is -0.145. The molecule has 6 aliphatic rings. The molecule has 5 aliphatic heterocycles. The minimum Gasteiger partial charge on any atom is -0.511 e. The van der Waals surface area contributed by atoms with E-state index < -0.39 is 11.9 Å². The number of ether oxygens (including phenoxy) is 26. The zero-order valence-corrected chi connectivity index (χ0v) is 74.5. The van der Waals surface area contributed by atoms with Gasteiger partial charge >= 0.3 is 11.9 Å². The Morgan fingerprint density at radius 3 is 1.19 bits per heavy atom. The molecule has 2 N–H and O–H groups in total. The van der Waals surface area contributed by atoms with Gasteiger partial charge in [-0.1, -0.05) is 13.8 Å². The predicted octanol–water partition coefficient (Wildman–Crippen LogP) is 10.00. The van der Waals surface area contributed by atoms with Crippen molar-refractivity contribution < 1.29 is 138 Å². The molecule has 0 saturated carbocycles. The molecule has 2 atom stereocenters. The molecule has 5 heterocycles. The molecule has 0 amide bonds. The summed E-state index contributed by atoms with van der Waals surface area (Å²) in [4.78, 5) is 45.7. The van der Waals surface area contributed by atoms with Crippen molar-refractivity contribution in [1.82, 2.24) is 5.32 Å². The lowest BCUT2D eigenvalue weighted by Crippen LogP contribution is -2.16. The van der Waals surface area contributed by atoms with E-state index in [0.29, 0.717) is 261 Å². The van der Waals surface area contributed by atoms with Crippen LogP contribution in [-0.2, 0) is 118 Å². The van der Waals surface area contributed by atoms with Crippen molar-refractivity contribution in [3.63, 3.8) is 0 Å². The molecule has 33 nitrogen and oxygen atoms in total. The third-order valence-electron chi connectivity index (χ3n) is 19.6. The number of rotatable bonds is 69. The quantitative estimate of drug-likeness (QED) is 0.0459. The second-order valence-electron chi connectivity index (χ2n) is 28.1. The highest BCUT2D eigenvalue weighted by Crippen LogP contribution is 2.49. The molecule has 2 aromatic rings. The van der Waals surface area contributed by atoms with E-state index in [4.69, 9.17) is 138 Å². The van der Waals surface area contributed by atoms with Crippen molar-refractivity contribution in [3.8, 4) is 34.5 Å². The Morgan fingerprint density at radius 1 is 0.434 bits per heavy atom. The van der Waals surface area contributed by atoms with Crippen LogP contribution in [0.5, 0.6) is 34.5 Å². The van der Waals surface area contributed by atoms with Gasteiger partial charge in [-0.3, -0.25) is 4.79 Å².